The van der Waals surface area contributed by atoms with Crippen LogP contribution in [0.3, 0.4) is 0 Å². The van der Waals surface area contributed by atoms with Gasteiger partial charge in [0.25, 0.3) is 5.91 Å². The Morgan fingerprint density at radius 1 is 0.971 bits per heavy atom. The molecule has 1 atom stereocenters. The Morgan fingerprint density at radius 3 is 2.11 bits per heavy atom. The second-order valence-electron chi connectivity index (χ2n) is 8.68. The molecule has 0 aliphatic heterocycles. The average molecular weight is 584 g/mol. The standard InChI is InChI=1S/C27H25IN2O5/c1-15(2)24(26(32)33)30-25(31)16-11-12-23(22(28)13-16)29-27(34)35-14-21-19-9-5-3-7-17(19)18-8-4-6-10-20(18)21/h3-13,15,21,24H,14H2,1-2H3,(H,29,34)(H,30,31)(H,32,33)/t24-/m0/s1. The van der Waals surface area contributed by atoms with Gasteiger partial charge in [0.15, 0.2) is 0 Å². The minimum Gasteiger partial charge on any atom is -0.480 e. The lowest BCUT2D eigenvalue weighted by Crippen LogP contribution is -2.44. The first-order valence-electron chi connectivity index (χ1n) is 11.2. The third-order valence-electron chi connectivity index (χ3n) is 6.03. The molecule has 180 valence electrons. The highest BCUT2D eigenvalue weighted by Crippen LogP contribution is 2.44. The molecule has 3 aromatic carbocycles. The summed E-state index contributed by atoms with van der Waals surface area (Å²) < 4.78 is 6.21. The number of nitrogens with one attached hydrogen (secondary N) is 2. The summed E-state index contributed by atoms with van der Waals surface area (Å²) in [6.07, 6.45) is -0.590. The molecule has 0 bridgehead atoms. The van der Waals surface area contributed by atoms with Gasteiger partial charge in [-0.3, -0.25) is 10.1 Å². The maximum absolute atomic E-state index is 12.6. The number of benzene rings is 3. The number of fused-ring (bicyclic) bond motifs is 3. The number of anilines is 1. The summed E-state index contributed by atoms with van der Waals surface area (Å²) in [6.45, 7) is 3.65. The van der Waals surface area contributed by atoms with Crippen molar-refractivity contribution in [3.8, 4) is 11.1 Å². The van der Waals surface area contributed by atoms with Crippen molar-refractivity contribution in [1.82, 2.24) is 5.32 Å². The summed E-state index contributed by atoms with van der Waals surface area (Å²) in [4.78, 5) is 36.5. The third kappa shape index (κ3) is 5.32. The van der Waals surface area contributed by atoms with Crippen LogP contribution in [0, 0.1) is 9.49 Å². The largest absolute Gasteiger partial charge is 0.480 e. The highest BCUT2D eigenvalue weighted by molar-refractivity contribution is 14.1. The number of hydrogen-bond donors (Lipinski definition) is 3. The molecular weight excluding hydrogens is 559 g/mol. The fraction of sp³-hybridized carbons (Fsp3) is 0.222. The Hall–Kier alpha value is -3.40. The number of halogens is 1. The molecule has 0 heterocycles. The predicted octanol–water partition coefficient (Wildman–Crippen LogP) is 5.49. The lowest BCUT2D eigenvalue weighted by Gasteiger charge is -2.18. The van der Waals surface area contributed by atoms with Crippen molar-refractivity contribution in [2.45, 2.75) is 25.8 Å². The first-order valence-corrected chi connectivity index (χ1v) is 12.3. The quantitative estimate of drug-likeness (QED) is 0.319. The highest BCUT2D eigenvalue weighted by atomic mass is 127. The van der Waals surface area contributed by atoms with Gasteiger partial charge >= 0.3 is 12.1 Å². The maximum Gasteiger partial charge on any atom is 0.411 e. The molecule has 0 saturated heterocycles. The zero-order valence-electron chi connectivity index (χ0n) is 19.2. The lowest BCUT2D eigenvalue weighted by atomic mass is 9.98. The Morgan fingerprint density at radius 2 is 1.57 bits per heavy atom. The number of ether oxygens (including phenoxy) is 1. The Balaban J connectivity index is 1.40. The van der Waals surface area contributed by atoms with Crippen molar-refractivity contribution < 1.29 is 24.2 Å². The number of hydrogen-bond acceptors (Lipinski definition) is 4. The maximum atomic E-state index is 12.6. The van der Waals surface area contributed by atoms with Crippen LogP contribution in [0.15, 0.2) is 66.7 Å². The molecule has 1 aliphatic rings. The van der Waals surface area contributed by atoms with E-state index in [1.165, 1.54) is 6.07 Å². The molecule has 0 radical (unpaired) electrons. The van der Waals surface area contributed by atoms with E-state index in [4.69, 9.17) is 4.74 Å². The summed E-state index contributed by atoms with van der Waals surface area (Å²) in [5.74, 6) is -1.88. The number of aliphatic carboxylic acids is 1. The molecule has 8 heteroatoms. The van der Waals surface area contributed by atoms with Gasteiger partial charge in [0.1, 0.15) is 12.6 Å². The summed E-state index contributed by atoms with van der Waals surface area (Å²) >= 11 is 2.01. The summed E-state index contributed by atoms with van der Waals surface area (Å²) in [6, 6.07) is 20.0. The van der Waals surface area contributed by atoms with Crippen molar-refractivity contribution in [2.24, 2.45) is 5.92 Å². The monoisotopic (exact) mass is 584 g/mol. The van der Waals surface area contributed by atoms with Crippen LogP contribution >= 0.6 is 22.6 Å². The van der Waals surface area contributed by atoms with Crippen molar-refractivity contribution >= 4 is 46.2 Å². The molecule has 0 fully saturated rings. The first kappa shape index (κ1) is 24.7. The van der Waals surface area contributed by atoms with E-state index in [0.717, 1.165) is 22.3 Å². The van der Waals surface area contributed by atoms with Gasteiger partial charge in [-0.15, -0.1) is 0 Å². The number of carbonyl (C=O) groups excluding carboxylic acids is 2. The molecule has 0 unspecified atom stereocenters. The van der Waals surface area contributed by atoms with E-state index in [2.05, 4.69) is 34.9 Å². The van der Waals surface area contributed by atoms with E-state index >= 15 is 0 Å². The number of rotatable bonds is 7. The first-order chi connectivity index (χ1) is 16.8. The zero-order chi connectivity index (χ0) is 25.1. The minimum atomic E-state index is -1.09. The Labute approximate surface area is 217 Å². The fourth-order valence-corrected chi connectivity index (χ4v) is 4.89. The minimum absolute atomic E-state index is 0.0403. The van der Waals surface area contributed by atoms with Crippen molar-refractivity contribution in [1.29, 1.82) is 0 Å². The van der Waals surface area contributed by atoms with Gasteiger partial charge in [0, 0.05) is 15.1 Å². The van der Waals surface area contributed by atoms with Crippen LogP contribution in [0.1, 0.15) is 41.3 Å². The number of carbonyl (C=O) groups is 3. The fourth-order valence-electron chi connectivity index (χ4n) is 4.24. The molecule has 1 aliphatic carbocycles. The Bertz CT molecular complexity index is 1240. The zero-order valence-corrected chi connectivity index (χ0v) is 21.4. The predicted molar refractivity (Wildman–Crippen MR) is 142 cm³/mol. The normalized spacial score (nSPS) is 13.0. The van der Waals surface area contributed by atoms with Crippen molar-refractivity contribution in [2.75, 3.05) is 11.9 Å². The summed E-state index contributed by atoms with van der Waals surface area (Å²) in [5, 5.41) is 14.6. The molecule has 7 nitrogen and oxygen atoms in total. The molecule has 0 aromatic heterocycles. The van der Waals surface area contributed by atoms with Gasteiger partial charge in [-0.2, -0.15) is 0 Å². The molecule has 3 aromatic rings. The third-order valence-corrected chi connectivity index (χ3v) is 6.92. The topological polar surface area (TPSA) is 105 Å². The van der Waals surface area contributed by atoms with Crippen LogP contribution < -0.4 is 10.6 Å². The number of carboxylic acid groups (broad SMARTS) is 1. The van der Waals surface area contributed by atoms with Crippen LogP contribution in [0.4, 0.5) is 10.5 Å². The van der Waals surface area contributed by atoms with Crippen LogP contribution in [-0.4, -0.2) is 35.7 Å². The van der Waals surface area contributed by atoms with Gasteiger partial charge in [-0.05, 0) is 69.0 Å². The van der Waals surface area contributed by atoms with Crippen molar-refractivity contribution in [3.05, 3.63) is 87.0 Å². The van der Waals surface area contributed by atoms with Gasteiger partial charge in [-0.1, -0.05) is 62.4 Å². The van der Waals surface area contributed by atoms with E-state index in [1.807, 2.05) is 46.9 Å². The van der Waals surface area contributed by atoms with E-state index in [0.29, 0.717) is 14.8 Å². The molecule has 2 amide bonds. The molecular formula is C27H25IN2O5. The SMILES string of the molecule is CC(C)[C@H](NC(=O)c1ccc(NC(=O)OCC2c3ccccc3-c3ccccc32)c(I)c1)C(=O)O. The van der Waals surface area contributed by atoms with Gasteiger partial charge < -0.3 is 15.2 Å². The molecule has 0 saturated carbocycles. The van der Waals surface area contributed by atoms with Crippen molar-refractivity contribution in [3.63, 3.8) is 0 Å². The summed E-state index contributed by atoms with van der Waals surface area (Å²) in [5.41, 5.74) is 5.38. The average Bonchev–Trinajstić information content (AvgIpc) is 3.15. The lowest BCUT2D eigenvalue weighted by molar-refractivity contribution is -0.140. The van der Waals surface area contributed by atoms with E-state index in [1.54, 1.807) is 26.0 Å². The van der Waals surface area contributed by atoms with Gasteiger partial charge in [0.05, 0.1) is 5.69 Å². The molecule has 4 rings (SSSR count). The second-order valence-corrected chi connectivity index (χ2v) is 9.84. The Kier molecular flexibility index (Phi) is 7.39. The molecule has 3 N–H and O–H groups in total. The van der Waals surface area contributed by atoms with Crippen LogP contribution in [0.2, 0.25) is 0 Å². The van der Waals surface area contributed by atoms with Crippen LogP contribution in [-0.2, 0) is 9.53 Å². The van der Waals surface area contributed by atoms with Crippen LogP contribution in [0.5, 0.6) is 0 Å². The van der Waals surface area contributed by atoms with E-state index in [9.17, 15) is 19.5 Å². The second kappa shape index (κ2) is 10.5. The van der Waals surface area contributed by atoms with Crippen LogP contribution in [0.25, 0.3) is 11.1 Å². The summed E-state index contributed by atoms with van der Waals surface area (Å²) in [7, 11) is 0. The smallest absolute Gasteiger partial charge is 0.411 e. The number of carboxylic acids is 1. The van der Waals surface area contributed by atoms with Gasteiger partial charge in [-0.25, -0.2) is 9.59 Å². The van der Waals surface area contributed by atoms with E-state index < -0.39 is 24.0 Å². The van der Waals surface area contributed by atoms with Gasteiger partial charge in [0.2, 0.25) is 0 Å². The molecule has 35 heavy (non-hydrogen) atoms. The van der Waals surface area contributed by atoms with E-state index in [-0.39, 0.29) is 18.4 Å². The number of amides is 2. The molecule has 0 spiro atoms. The highest BCUT2D eigenvalue weighted by Gasteiger charge is 2.29.